The highest BCUT2D eigenvalue weighted by Crippen LogP contribution is 2.25. The van der Waals surface area contributed by atoms with E-state index in [2.05, 4.69) is 15.5 Å². The molecule has 1 amide bonds. The number of carbonyl (C=O) groups is 1. The molecule has 1 N–H and O–H groups in total. The van der Waals surface area contributed by atoms with Gasteiger partial charge in [0.25, 0.3) is 0 Å². The van der Waals surface area contributed by atoms with Crippen LogP contribution in [-0.4, -0.2) is 26.4 Å². The molecule has 0 bridgehead atoms. The van der Waals surface area contributed by atoms with Crippen LogP contribution in [-0.2, 0) is 18.4 Å². The van der Waals surface area contributed by atoms with Gasteiger partial charge in [0.15, 0.2) is 11.0 Å². The molecule has 2 aromatic carbocycles. The van der Waals surface area contributed by atoms with Crippen molar-refractivity contribution in [3.63, 3.8) is 0 Å². The minimum atomic E-state index is -0.151. The average Bonchev–Trinajstić information content (AvgIpc) is 3.02. The Kier molecular flexibility index (Phi) is 6.83. The molecule has 0 fully saturated rings. The molecule has 0 saturated heterocycles. The molecule has 0 atom stereocenters. The molecule has 1 heterocycles. The third-order valence-electron chi connectivity index (χ3n) is 3.91. The fourth-order valence-corrected chi connectivity index (χ4v) is 3.40. The van der Waals surface area contributed by atoms with Crippen molar-refractivity contribution in [1.29, 1.82) is 0 Å². The molecule has 3 rings (SSSR count). The van der Waals surface area contributed by atoms with Crippen molar-refractivity contribution in [2.45, 2.75) is 18.7 Å². The van der Waals surface area contributed by atoms with Crippen molar-refractivity contribution in [3.05, 3.63) is 63.9 Å². The molecule has 1 aromatic heterocycles. The number of hydrogen-bond acceptors (Lipinski definition) is 5. The number of para-hydroxylation sites is 1. The zero-order valence-corrected chi connectivity index (χ0v) is 17.6. The summed E-state index contributed by atoms with van der Waals surface area (Å²) in [5.74, 6) is 1.26. The zero-order chi connectivity index (χ0) is 20.1. The highest BCUT2D eigenvalue weighted by atomic mass is 35.5. The van der Waals surface area contributed by atoms with Gasteiger partial charge in [-0.25, -0.2) is 0 Å². The first-order valence-electron chi connectivity index (χ1n) is 8.38. The van der Waals surface area contributed by atoms with E-state index in [1.165, 1.54) is 11.8 Å². The third kappa shape index (κ3) is 5.19. The lowest BCUT2D eigenvalue weighted by atomic mass is 10.2. The number of hydrogen-bond donors (Lipinski definition) is 1. The quantitative estimate of drug-likeness (QED) is 0.541. The van der Waals surface area contributed by atoms with Crippen LogP contribution < -0.4 is 10.1 Å². The van der Waals surface area contributed by atoms with E-state index >= 15 is 0 Å². The van der Waals surface area contributed by atoms with Crippen LogP contribution in [0.2, 0.25) is 10.0 Å². The van der Waals surface area contributed by atoms with Crippen LogP contribution in [0.1, 0.15) is 11.4 Å². The van der Waals surface area contributed by atoms with Crippen LogP contribution in [0.25, 0.3) is 0 Å². The number of aromatic nitrogens is 3. The Balaban J connectivity index is 1.54. The standard InChI is InChI=1S/C19H18Cl2N4O2S/c1-12-7-8-13(9-15(12)21)22-18(26)11-28-19-24-23-17(25(19)2)10-27-16-6-4-3-5-14(16)20/h3-9H,10-11H2,1-2H3,(H,22,26). The second-order valence-electron chi connectivity index (χ2n) is 5.98. The lowest BCUT2D eigenvalue weighted by molar-refractivity contribution is -0.113. The number of nitrogens with one attached hydrogen (secondary N) is 1. The summed E-state index contributed by atoms with van der Waals surface area (Å²) in [5, 5.41) is 12.8. The second kappa shape index (κ2) is 9.32. The third-order valence-corrected chi connectivity index (χ3v) is 5.65. The predicted molar refractivity (Wildman–Crippen MR) is 112 cm³/mol. The number of nitrogens with zero attached hydrogens (tertiary/aromatic N) is 3. The number of carbonyl (C=O) groups excluding carboxylic acids is 1. The van der Waals surface area contributed by atoms with Gasteiger partial charge in [0.2, 0.25) is 5.91 Å². The van der Waals surface area contributed by atoms with Gasteiger partial charge >= 0.3 is 0 Å². The Hall–Kier alpha value is -2.22. The van der Waals surface area contributed by atoms with Crippen molar-refractivity contribution in [3.8, 4) is 5.75 Å². The molecule has 3 aromatic rings. The van der Waals surface area contributed by atoms with E-state index < -0.39 is 0 Å². The summed E-state index contributed by atoms with van der Waals surface area (Å²) in [5.41, 5.74) is 1.62. The zero-order valence-electron chi connectivity index (χ0n) is 15.3. The largest absolute Gasteiger partial charge is 0.484 e. The lowest BCUT2D eigenvalue weighted by Crippen LogP contribution is -2.14. The number of amides is 1. The number of rotatable bonds is 7. The maximum Gasteiger partial charge on any atom is 0.234 e. The molecule has 0 saturated carbocycles. The minimum absolute atomic E-state index is 0.151. The van der Waals surface area contributed by atoms with Crippen molar-refractivity contribution in [1.82, 2.24) is 14.8 Å². The maximum absolute atomic E-state index is 12.2. The van der Waals surface area contributed by atoms with Crippen molar-refractivity contribution in [2.75, 3.05) is 11.1 Å². The van der Waals surface area contributed by atoms with E-state index in [0.29, 0.717) is 32.5 Å². The summed E-state index contributed by atoms with van der Waals surface area (Å²) >= 11 is 13.4. The summed E-state index contributed by atoms with van der Waals surface area (Å²) < 4.78 is 7.48. The van der Waals surface area contributed by atoms with Gasteiger partial charge in [0, 0.05) is 17.8 Å². The van der Waals surface area contributed by atoms with Crippen molar-refractivity contribution >= 4 is 46.6 Å². The van der Waals surface area contributed by atoms with Gasteiger partial charge in [-0.05, 0) is 36.8 Å². The molecule has 6 nitrogen and oxygen atoms in total. The van der Waals surface area contributed by atoms with Gasteiger partial charge in [0.05, 0.1) is 10.8 Å². The van der Waals surface area contributed by atoms with Crippen LogP contribution in [0.4, 0.5) is 5.69 Å². The molecule has 9 heteroatoms. The van der Waals surface area contributed by atoms with Crippen molar-refractivity contribution in [2.24, 2.45) is 7.05 Å². The van der Waals surface area contributed by atoms with E-state index in [-0.39, 0.29) is 18.3 Å². The fourth-order valence-electron chi connectivity index (χ4n) is 2.30. The van der Waals surface area contributed by atoms with E-state index in [0.717, 1.165) is 5.56 Å². The molecule has 0 radical (unpaired) electrons. The van der Waals surface area contributed by atoms with Crippen LogP contribution in [0.15, 0.2) is 47.6 Å². The molecular formula is C19H18Cl2N4O2S. The van der Waals surface area contributed by atoms with E-state index in [1.807, 2.05) is 38.2 Å². The van der Waals surface area contributed by atoms with Gasteiger partial charge in [-0.15, -0.1) is 10.2 Å². The monoisotopic (exact) mass is 436 g/mol. The smallest absolute Gasteiger partial charge is 0.234 e. The van der Waals surface area contributed by atoms with Crippen LogP contribution in [0, 0.1) is 6.92 Å². The van der Waals surface area contributed by atoms with Gasteiger partial charge in [-0.3, -0.25) is 4.79 Å². The lowest BCUT2D eigenvalue weighted by Gasteiger charge is -2.08. The number of halogens is 2. The SMILES string of the molecule is Cc1ccc(NC(=O)CSc2nnc(COc3ccccc3Cl)n2C)cc1Cl. The van der Waals surface area contributed by atoms with E-state index in [9.17, 15) is 4.79 Å². The highest BCUT2D eigenvalue weighted by Gasteiger charge is 2.13. The van der Waals surface area contributed by atoms with E-state index in [1.54, 1.807) is 22.8 Å². The summed E-state index contributed by atoms with van der Waals surface area (Å²) in [4.78, 5) is 12.2. The predicted octanol–water partition coefficient (Wildman–Crippen LogP) is 4.74. The maximum atomic E-state index is 12.2. The minimum Gasteiger partial charge on any atom is -0.484 e. The highest BCUT2D eigenvalue weighted by molar-refractivity contribution is 7.99. The molecule has 0 spiro atoms. The molecule has 0 aliphatic rings. The first-order chi connectivity index (χ1) is 13.4. The van der Waals surface area contributed by atoms with Gasteiger partial charge < -0.3 is 14.6 Å². The number of aryl methyl sites for hydroxylation is 1. The van der Waals surface area contributed by atoms with Crippen LogP contribution in [0.5, 0.6) is 5.75 Å². The Labute approximate surface area is 177 Å². The molecule has 28 heavy (non-hydrogen) atoms. The normalized spacial score (nSPS) is 10.7. The summed E-state index contributed by atoms with van der Waals surface area (Å²) in [6, 6.07) is 12.6. The summed E-state index contributed by atoms with van der Waals surface area (Å²) in [6.07, 6.45) is 0. The summed E-state index contributed by atoms with van der Waals surface area (Å²) in [6.45, 7) is 2.13. The first-order valence-corrected chi connectivity index (χ1v) is 10.1. The fraction of sp³-hybridized carbons (Fsp3) is 0.211. The Bertz CT molecular complexity index is 994. The second-order valence-corrected chi connectivity index (χ2v) is 7.73. The Morgan fingerprint density at radius 3 is 2.71 bits per heavy atom. The molecule has 0 unspecified atom stereocenters. The average molecular weight is 437 g/mol. The molecule has 0 aliphatic heterocycles. The van der Waals surface area contributed by atoms with Gasteiger partial charge in [0.1, 0.15) is 12.4 Å². The Morgan fingerprint density at radius 2 is 1.96 bits per heavy atom. The number of ether oxygens (including phenoxy) is 1. The molecule has 146 valence electrons. The van der Waals surface area contributed by atoms with Crippen molar-refractivity contribution < 1.29 is 9.53 Å². The van der Waals surface area contributed by atoms with Crippen LogP contribution in [0.3, 0.4) is 0 Å². The molecular weight excluding hydrogens is 419 g/mol. The number of benzene rings is 2. The number of anilines is 1. The summed E-state index contributed by atoms with van der Waals surface area (Å²) in [7, 11) is 1.82. The van der Waals surface area contributed by atoms with E-state index in [4.69, 9.17) is 27.9 Å². The van der Waals surface area contributed by atoms with Gasteiger partial charge in [-0.2, -0.15) is 0 Å². The number of thioether (sulfide) groups is 1. The van der Waals surface area contributed by atoms with Crippen LogP contribution >= 0.6 is 35.0 Å². The van der Waals surface area contributed by atoms with Gasteiger partial charge in [-0.1, -0.05) is 53.2 Å². The first kappa shape index (κ1) is 20.5. The molecule has 0 aliphatic carbocycles. The Morgan fingerprint density at radius 1 is 1.18 bits per heavy atom. The topological polar surface area (TPSA) is 69.0 Å².